The topological polar surface area (TPSA) is 121 Å². The number of rotatable bonds is 8. The fourth-order valence-electron chi connectivity index (χ4n) is 1.44. The van der Waals surface area contributed by atoms with Gasteiger partial charge in [-0.15, -0.1) is 0 Å². The monoisotopic (exact) mass is 344 g/mol. The molecule has 0 heterocycles. The molecule has 1 aromatic carbocycles. The summed E-state index contributed by atoms with van der Waals surface area (Å²) in [5, 5.41) is 0. The molecule has 0 saturated carbocycles. The van der Waals surface area contributed by atoms with Crippen LogP contribution in [0, 0.1) is 0 Å². The molecule has 1 rings (SSSR count). The van der Waals surface area contributed by atoms with E-state index in [1.165, 1.54) is 25.3 Å². The predicted octanol–water partition coefficient (Wildman–Crippen LogP) is 0.293. The molecule has 0 amide bonds. The van der Waals surface area contributed by atoms with Crippen molar-refractivity contribution in [3.63, 3.8) is 0 Å². The molecule has 0 saturated heterocycles. The van der Waals surface area contributed by atoms with Gasteiger partial charge in [-0.2, -0.15) is 0 Å². The lowest BCUT2D eigenvalue weighted by Gasteiger charge is -1.97. The predicted molar refractivity (Wildman–Crippen MR) is 83.7 cm³/mol. The van der Waals surface area contributed by atoms with E-state index >= 15 is 0 Å². The maximum atomic E-state index is 11.3. The minimum absolute atomic E-state index is 0.362. The zero-order chi connectivity index (χ0) is 18.8. The van der Waals surface area contributed by atoms with Crippen molar-refractivity contribution < 1.29 is 38.2 Å². The van der Waals surface area contributed by atoms with Crippen molar-refractivity contribution in [1.29, 1.82) is 0 Å². The number of Topliss-reactive ketones (excluding diaryl/α,β-unsaturated/α-hetero) is 3. The minimum atomic E-state index is -1.75. The molecule has 0 spiro atoms. The van der Waals surface area contributed by atoms with E-state index in [4.69, 9.17) is 0 Å². The minimum Gasteiger partial charge on any atom is -0.466 e. The molecular weight excluding hydrogens is 332 g/mol. The molecule has 0 unspecified atom stereocenters. The van der Waals surface area contributed by atoms with Crippen molar-refractivity contribution in [3.8, 4) is 0 Å². The highest BCUT2D eigenvalue weighted by molar-refractivity contribution is 6.83. The maximum Gasteiger partial charge on any atom is 0.388 e. The van der Waals surface area contributed by atoms with Gasteiger partial charge in [-0.25, -0.2) is 9.59 Å². The number of methoxy groups -OCH3 is 1. The van der Waals surface area contributed by atoms with Crippen LogP contribution < -0.4 is 0 Å². The molecule has 0 aliphatic carbocycles. The first-order chi connectivity index (χ1) is 11.9. The normalized spacial score (nSPS) is 10.4. The summed E-state index contributed by atoms with van der Waals surface area (Å²) in [4.78, 5) is 65.2. The lowest BCUT2D eigenvalue weighted by molar-refractivity contribution is -0.155. The molecular formula is C17H12O8. The van der Waals surface area contributed by atoms with Gasteiger partial charge < -0.3 is 9.47 Å². The van der Waals surface area contributed by atoms with Crippen LogP contribution in [-0.2, 0) is 38.2 Å². The van der Waals surface area contributed by atoms with Gasteiger partial charge in [0.1, 0.15) is 0 Å². The summed E-state index contributed by atoms with van der Waals surface area (Å²) >= 11 is 0. The number of ketones is 3. The second-order valence-corrected chi connectivity index (χ2v) is 4.37. The molecule has 0 atom stereocenters. The molecule has 0 aliphatic rings. The Morgan fingerprint density at radius 3 is 1.96 bits per heavy atom. The molecule has 8 nitrogen and oxygen atoms in total. The van der Waals surface area contributed by atoms with E-state index in [0.717, 1.165) is 6.26 Å². The number of ether oxygens (including phenoxy) is 2. The first-order valence-corrected chi connectivity index (χ1v) is 6.70. The van der Waals surface area contributed by atoms with E-state index in [9.17, 15) is 28.8 Å². The molecule has 0 aliphatic heterocycles. The van der Waals surface area contributed by atoms with Gasteiger partial charge in [0, 0.05) is 6.08 Å². The van der Waals surface area contributed by atoms with Gasteiger partial charge in [0.05, 0.1) is 13.4 Å². The third-order valence-corrected chi connectivity index (χ3v) is 2.71. The second-order valence-electron chi connectivity index (χ2n) is 4.37. The lowest BCUT2D eigenvalue weighted by atomic mass is 10.1. The largest absolute Gasteiger partial charge is 0.466 e. The Labute approximate surface area is 141 Å². The smallest absolute Gasteiger partial charge is 0.388 e. The van der Waals surface area contributed by atoms with Gasteiger partial charge in [0.25, 0.3) is 11.6 Å². The van der Waals surface area contributed by atoms with Gasteiger partial charge in [0.15, 0.2) is 6.29 Å². The summed E-state index contributed by atoms with van der Waals surface area (Å²) in [7, 11) is 1.26. The third-order valence-electron chi connectivity index (χ3n) is 2.71. The fourth-order valence-corrected chi connectivity index (χ4v) is 1.44. The van der Waals surface area contributed by atoms with Crippen LogP contribution in [0.15, 0.2) is 36.6 Å². The van der Waals surface area contributed by atoms with Crippen LogP contribution in [0.4, 0.5) is 0 Å². The van der Waals surface area contributed by atoms with Crippen molar-refractivity contribution in [1.82, 2.24) is 0 Å². The highest BCUT2D eigenvalue weighted by Crippen LogP contribution is 2.08. The first-order valence-electron chi connectivity index (χ1n) is 6.70. The number of hydrogen-bond acceptors (Lipinski definition) is 8. The Hall–Kier alpha value is -3.68. The second kappa shape index (κ2) is 9.46. The molecule has 1 aromatic rings. The average molecular weight is 344 g/mol. The summed E-state index contributed by atoms with van der Waals surface area (Å²) in [5.74, 6) is -7.18. The van der Waals surface area contributed by atoms with Crippen LogP contribution in [0.3, 0.4) is 0 Å². The average Bonchev–Trinajstić information content (AvgIpc) is 2.64. The SMILES string of the molecule is COC(=O)C=Cc1ccc(C=COC(=O)C(=O)C(=O)C(=O)C=O)cc1. The summed E-state index contributed by atoms with van der Waals surface area (Å²) in [6, 6.07) is 6.59. The zero-order valence-electron chi connectivity index (χ0n) is 13.0. The van der Waals surface area contributed by atoms with Crippen molar-refractivity contribution in [2.45, 2.75) is 0 Å². The van der Waals surface area contributed by atoms with Crippen LogP contribution in [0.2, 0.25) is 0 Å². The van der Waals surface area contributed by atoms with Crippen LogP contribution in [0.5, 0.6) is 0 Å². The molecule has 8 heteroatoms. The molecule has 0 fully saturated rings. The van der Waals surface area contributed by atoms with Crippen molar-refractivity contribution >= 4 is 47.7 Å². The number of benzene rings is 1. The molecule has 0 radical (unpaired) electrons. The Morgan fingerprint density at radius 1 is 0.880 bits per heavy atom. The van der Waals surface area contributed by atoms with E-state index in [0.29, 0.717) is 11.1 Å². The zero-order valence-corrected chi connectivity index (χ0v) is 13.0. The Morgan fingerprint density at radius 2 is 1.44 bits per heavy atom. The van der Waals surface area contributed by atoms with Gasteiger partial charge in [-0.05, 0) is 23.3 Å². The van der Waals surface area contributed by atoms with Gasteiger partial charge in [-0.3, -0.25) is 19.2 Å². The summed E-state index contributed by atoms with van der Waals surface area (Å²) < 4.78 is 8.87. The van der Waals surface area contributed by atoms with Crippen molar-refractivity contribution in [2.24, 2.45) is 0 Å². The fraction of sp³-hybridized carbons (Fsp3) is 0.0588. The van der Waals surface area contributed by atoms with E-state index in [2.05, 4.69) is 9.47 Å². The van der Waals surface area contributed by atoms with E-state index < -0.39 is 29.3 Å². The van der Waals surface area contributed by atoms with E-state index in [1.807, 2.05) is 0 Å². The molecule has 0 aromatic heterocycles. The van der Waals surface area contributed by atoms with E-state index in [1.54, 1.807) is 24.3 Å². The third kappa shape index (κ3) is 6.14. The van der Waals surface area contributed by atoms with E-state index in [-0.39, 0.29) is 6.29 Å². The number of hydrogen-bond donors (Lipinski definition) is 0. The number of esters is 2. The number of carbonyl (C=O) groups excluding carboxylic acids is 6. The highest BCUT2D eigenvalue weighted by atomic mass is 16.5. The van der Waals surface area contributed by atoms with Gasteiger partial charge in [0.2, 0.25) is 0 Å². The lowest BCUT2D eigenvalue weighted by Crippen LogP contribution is -2.31. The standard InChI is InChI=1S/C17H12O8/c1-24-14(20)7-6-11-2-4-12(5-3-11)8-9-25-17(23)16(22)15(21)13(19)10-18/h2-10H,1H3. The Kier molecular flexibility index (Phi) is 7.33. The highest BCUT2D eigenvalue weighted by Gasteiger charge is 2.29. The summed E-state index contributed by atoms with van der Waals surface area (Å²) in [6.07, 6.45) is 4.60. The van der Waals surface area contributed by atoms with Crippen LogP contribution in [0.1, 0.15) is 11.1 Å². The van der Waals surface area contributed by atoms with Crippen LogP contribution in [0.25, 0.3) is 12.2 Å². The first kappa shape index (κ1) is 19.4. The Bertz CT molecular complexity index is 768. The molecule has 0 bridgehead atoms. The maximum absolute atomic E-state index is 11.3. The van der Waals surface area contributed by atoms with Crippen molar-refractivity contribution in [2.75, 3.05) is 7.11 Å². The van der Waals surface area contributed by atoms with Gasteiger partial charge >= 0.3 is 17.7 Å². The Balaban J connectivity index is 2.63. The molecule has 25 heavy (non-hydrogen) atoms. The number of carbonyl (C=O) groups is 6. The van der Waals surface area contributed by atoms with Crippen LogP contribution in [-0.4, -0.2) is 42.7 Å². The van der Waals surface area contributed by atoms with Gasteiger partial charge in [-0.1, -0.05) is 24.3 Å². The van der Waals surface area contributed by atoms with Crippen molar-refractivity contribution in [3.05, 3.63) is 47.7 Å². The summed E-state index contributed by atoms with van der Waals surface area (Å²) in [6.45, 7) is 0. The molecule has 128 valence electrons. The summed E-state index contributed by atoms with van der Waals surface area (Å²) in [5.41, 5.74) is 1.30. The van der Waals surface area contributed by atoms with Crippen LogP contribution >= 0.6 is 0 Å². The molecule has 0 N–H and O–H groups in total. The number of aldehydes is 1. The quantitative estimate of drug-likeness (QED) is 0.165.